The molecule has 0 amide bonds. The number of hydrogen-bond acceptors (Lipinski definition) is 5. The van der Waals surface area contributed by atoms with E-state index in [9.17, 15) is 10.1 Å². The monoisotopic (exact) mass is 266 g/mol. The molecular formula is C13H18N2O4. The van der Waals surface area contributed by atoms with Gasteiger partial charge in [0.1, 0.15) is 11.9 Å². The molecule has 0 aromatic heterocycles. The summed E-state index contributed by atoms with van der Waals surface area (Å²) in [5.74, 6) is 0.846. The lowest BCUT2D eigenvalue weighted by Crippen LogP contribution is -2.24. The SMILES string of the molecule is CCN1CCC(Oc2ccc([N+](=O)[O-])c(OC)c2)C1. The van der Waals surface area contributed by atoms with Gasteiger partial charge < -0.3 is 9.47 Å². The molecule has 1 fully saturated rings. The van der Waals surface area contributed by atoms with Crippen LogP contribution in [0.3, 0.4) is 0 Å². The van der Waals surface area contributed by atoms with Gasteiger partial charge in [-0.15, -0.1) is 0 Å². The largest absolute Gasteiger partial charge is 0.490 e. The Kier molecular flexibility index (Phi) is 4.21. The normalized spacial score (nSPS) is 19.4. The second-order valence-electron chi connectivity index (χ2n) is 4.51. The average Bonchev–Trinajstić information content (AvgIpc) is 2.86. The molecule has 1 unspecified atom stereocenters. The van der Waals surface area contributed by atoms with Crippen molar-refractivity contribution in [3.05, 3.63) is 28.3 Å². The van der Waals surface area contributed by atoms with Crippen molar-refractivity contribution >= 4 is 5.69 Å². The van der Waals surface area contributed by atoms with Crippen molar-refractivity contribution in [2.24, 2.45) is 0 Å². The first-order valence-corrected chi connectivity index (χ1v) is 6.35. The van der Waals surface area contributed by atoms with Crippen LogP contribution in [0.2, 0.25) is 0 Å². The van der Waals surface area contributed by atoms with E-state index in [-0.39, 0.29) is 17.5 Å². The Hall–Kier alpha value is -1.82. The van der Waals surface area contributed by atoms with Crippen molar-refractivity contribution < 1.29 is 14.4 Å². The molecule has 6 nitrogen and oxygen atoms in total. The van der Waals surface area contributed by atoms with E-state index in [1.807, 2.05) is 0 Å². The first-order valence-electron chi connectivity index (χ1n) is 6.35. The van der Waals surface area contributed by atoms with Crippen LogP contribution in [0.25, 0.3) is 0 Å². The summed E-state index contributed by atoms with van der Waals surface area (Å²) in [6.45, 7) is 5.07. The summed E-state index contributed by atoms with van der Waals surface area (Å²) in [6.07, 6.45) is 1.12. The number of methoxy groups -OCH3 is 1. The predicted molar refractivity (Wildman–Crippen MR) is 70.8 cm³/mol. The van der Waals surface area contributed by atoms with Crippen LogP contribution in [0.15, 0.2) is 18.2 Å². The number of benzene rings is 1. The fraction of sp³-hybridized carbons (Fsp3) is 0.538. The highest BCUT2D eigenvalue weighted by Gasteiger charge is 2.23. The molecule has 6 heteroatoms. The third kappa shape index (κ3) is 3.14. The summed E-state index contributed by atoms with van der Waals surface area (Å²) in [4.78, 5) is 12.6. The second kappa shape index (κ2) is 5.88. The van der Waals surface area contributed by atoms with Gasteiger partial charge in [0, 0.05) is 25.2 Å². The number of ether oxygens (including phenoxy) is 2. The number of nitro groups is 1. The maximum atomic E-state index is 10.8. The van der Waals surface area contributed by atoms with Crippen LogP contribution >= 0.6 is 0 Å². The van der Waals surface area contributed by atoms with E-state index >= 15 is 0 Å². The Bertz CT molecular complexity index is 464. The molecular weight excluding hydrogens is 248 g/mol. The number of nitrogens with zero attached hydrogens (tertiary/aromatic N) is 2. The Morgan fingerprint density at radius 2 is 2.32 bits per heavy atom. The van der Waals surface area contributed by atoms with Gasteiger partial charge in [-0.05, 0) is 19.0 Å². The van der Waals surface area contributed by atoms with E-state index in [0.29, 0.717) is 5.75 Å². The highest BCUT2D eigenvalue weighted by Crippen LogP contribution is 2.31. The van der Waals surface area contributed by atoms with Crippen LogP contribution in [0, 0.1) is 10.1 Å². The third-order valence-corrected chi connectivity index (χ3v) is 3.33. The van der Waals surface area contributed by atoms with Crippen LogP contribution in [-0.4, -0.2) is 42.7 Å². The molecule has 1 aliphatic rings. The van der Waals surface area contributed by atoms with Crippen molar-refractivity contribution in [1.82, 2.24) is 4.90 Å². The standard InChI is InChI=1S/C13H18N2O4/c1-3-14-7-6-11(9-14)19-10-4-5-12(15(16)17)13(8-10)18-2/h4-5,8,11H,3,6-7,9H2,1-2H3. The molecule has 1 aromatic carbocycles. The van der Waals surface area contributed by atoms with E-state index in [2.05, 4.69) is 11.8 Å². The van der Waals surface area contributed by atoms with Gasteiger partial charge in [0.25, 0.3) is 0 Å². The zero-order valence-electron chi connectivity index (χ0n) is 11.2. The second-order valence-corrected chi connectivity index (χ2v) is 4.51. The zero-order chi connectivity index (χ0) is 13.8. The highest BCUT2D eigenvalue weighted by atomic mass is 16.6. The minimum absolute atomic E-state index is 0.0449. The zero-order valence-corrected chi connectivity index (χ0v) is 11.2. The first kappa shape index (κ1) is 13.6. The van der Waals surface area contributed by atoms with Crippen molar-refractivity contribution in [2.45, 2.75) is 19.4 Å². The molecule has 0 aliphatic carbocycles. The first-order chi connectivity index (χ1) is 9.13. The number of likely N-dealkylation sites (tertiary alicyclic amines) is 1. The van der Waals surface area contributed by atoms with Gasteiger partial charge in [0.15, 0.2) is 0 Å². The summed E-state index contributed by atoms with van der Waals surface area (Å²) < 4.78 is 10.9. The van der Waals surface area contributed by atoms with E-state index < -0.39 is 4.92 Å². The van der Waals surface area contributed by atoms with Gasteiger partial charge >= 0.3 is 5.69 Å². The number of hydrogen-bond donors (Lipinski definition) is 0. The van der Waals surface area contributed by atoms with Crippen LogP contribution in [-0.2, 0) is 0 Å². The van der Waals surface area contributed by atoms with Crippen molar-refractivity contribution in [3.8, 4) is 11.5 Å². The van der Waals surface area contributed by atoms with Crippen LogP contribution < -0.4 is 9.47 Å². The maximum absolute atomic E-state index is 10.8. The van der Waals surface area contributed by atoms with Gasteiger partial charge in [0.2, 0.25) is 5.75 Å². The Morgan fingerprint density at radius 3 is 2.89 bits per heavy atom. The molecule has 1 heterocycles. The summed E-state index contributed by atoms with van der Waals surface area (Å²) in [5.41, 5.74) is -0.0449. The van der Waals surface area contributed by atoms with E-state index in [0.717, 1.165) is 26.1 Å². The van der Waals surface area contributed by atoms with Gasteiger partial charge in [-0.2, -0.15) is 0 Å². The average molecular weight is 266 g/mol. The summed E-state index contributed by atoms with van der Waals surface area (Å²) in [6, 6.07) is 4.61. The van der Waals surface area contributed by atoms with Crippen molar-refractivity contribution in [1.29, 1.82) is 0 Å². The Labute approximate surface area is 112 Å². The van der Waals surface area contributed by atoms with E-state index in [1.165, 1.54) is 13.2 Å². The lowest BCUT2D eigenvalue weighted by molar-refractivity contribution is -0.385. The fourth-order valence-corrected chi connectivity index (χ4v) is 2.26. The smallest absolute Gasteiger partial charge is 0.311 e. The Morgan fingerprint density at radius 1 is 1.53 bits per heavy atom. The highest BCUT2D eigenvalue weighted by molar-refractivity contribution is 5.50. The van der Waals surface area contributed by atoms with Gasteiger partial charge in [-0.25, -0.2) is 0 Å². The van der Waals surface area contributed by atoms with Gasteiger partial charge in [-0.1, -0.05) is 6.92 Å². The Balaban J connectivity index is 2.07. The molecule has 1 saturated heterocycles. The summed E-state index contributed by atoms with van der Waals surface area (Å²) >= 11 is 0. The molecule has 0 spiro atoms. The fourth-order valence-electron chi connectivity index (χ4n) is 2.26. The quantitative estimate of drug-likeness (QED) is 0.603. The van der Waals surface area contributed by atoms with E-state index in [4.69, 9.17) is 9.47 Å². The molecule has 0 bridgehead atoms. The molecule has 1 aliphatic heterocycles. The minimum atomic E-state index is -0.461. The summed E-state index contributed by atoms with van der Waals surface area (Å²) in [7, 11) is 1.42. The van der Waals surface area contributed by atoms with Crippen molar-refractivity contribution in [3.63, 3.8) is 0 Å². The van der Waals surface area contributed by atoms with Crippen LogP contribution in [0.5, 0.6) is 11.5 Å². The lowest BCUT2D eigenvalue weighted by Gasteiger charge is -2.15. The van der Waals surface area contributed by atoms with Crippen molar-refractivity contribution in [2.75, 3.05) is 26.7 Å². The summed E-state index contributed by atoms with van der Waals surface area (Å²) in [5, 5.41) is 10.8. The molecule has 1 atom stereocenters. The van der Waals surface area contributed by atoms with Crippen LogP contribution in [0.4, 0.5) is 5.69 Å². The lowest BCUT2D eigenvalue weighted by atomic mass is 10.2. The minimum Gasteiger partial charge on any atom is -0.490 e. The van der Waals surface area contributed by atoms with Crippen LogP contribution in [0.1, 0.15) is 13.3 Å². The third-order valence-electron chi connectivity index (χ3n) is 3.33. The molecule has 0 N–H and O–H groups in total. The number of nitro benzene ring substituents is 1. The molecule has 0 saturated carbocycles. The maximum Gasteiger partial charge on any atom is 0.311 e. The van der Waals surface area contributed by atoms with E-state index in [1.54, 1.807) is 12.1 Å². The number of likely N-dealkylation sites (N-methyl/N-ethyl adjacent to an activating group) is 1. The predicted octanol–water partition coefficient (Wildman–Crippen LogP) is 2.08. The topological polar surface area (TPSA) is 64.8 Å². The molecule has 0 radical (unpaired) electrons. The van der Waals surface area contributed by atoms with Gasteiger partial charge in [0.05, 0.1) is 12.0 Å². The number of rotatable bonds is 5. The van der Waals surface area contributed by atoms with Gasteiger partial charge in [-0.3, -0.25) is 15.0 Å². The molecule has 1 aromatic rings. The molecule has 104 valence electrons. The molecule has 2 rings (SSSR count). The molecule has 19 heavy (non-hydrogen) atoms.